The van der Waals surface area contributed by atoms with Gasteiger partial charge in [0.2, 0.25) is 11.8 Å². The van der Waals surface area contributed by atoms with Gasteiger partial charge in [0.25, 0.3) is 0 Å². The fourth-order valence-corrected chi connectivity index (χ4v) is 3.04. The molecule has 0 saturated carbocycles. The predicted molar refractivity (Wildman–Crippen MR) is 89.0 cm³/mol. The number of amides is 2. The van der Waals surface area contributed by atoms with Crippen molar-refractivity contribution in [2.45, 2.75) is 39.2 Å². The Morgan fingerprint density at radius 2 is 2.13 bits per heavy atom. The average Bonchev–Trinajstić information content (AvgIpc) is 2.54. The quantitative estimate of drug-likeness (QED) is 0.783. The van der Waals surface area contributed by atoms with Crippen molar-refractivity contribution < 1.29 is 14.3 Å². The van der Waals surface area contributed by atoms with Crippen LogP contribution in [0.5, 0.6) is 0 Å². The number of nitrogens with one attached hydrogen (secondary N) is 1. The van der Waals surface area contributed by atoms with Crippen molar-refractivity contribution in [2.75, 3.05) is 26.3 Å². The highest BCUT2D eigenvalue weighted by Gasteiger charge is 2.30. The number of carbonyl (C=O) groups is 2. The highest BCUT2D eigenvalue weighted by molar-refractivity contribution is 5.79. The van der Waals surface area contributed by atoms with Crippen LogP contribution in [0.1, 0.15) is 43.9 Å². The minimum absolute atomic E-state index is 0.0190. The number of nitrogens with zero attached hydrogens (tertiary/aromatic N) is 1. The number of carbonyl (C=O) groups excluding carboxylic acids is 2. The van der Waals surface area contributed by atoms with E-state index in [0.717, 1.165) is 18.4 Å². The standard InChI is InChI=1S/C18H26N2O3/c1-3-23-12-6-10-19-18(22)13-17-16-8-5-4-7-15(16)9-11-20(17)14(2)21/h4-5,7-8,17H,3,6,9-13H2,1-2H3,(H,19,22). The molecule has 0 radical (unpaired) electrons. The van der Waals surface area contributed by atoms with E-state index in [1.54, 1.807) is 6.92 Å². The predicted octanol–water partition coefficient (Wildman–Crippen LogP) is 2.07. The fraction of sp³-hybridized carbons (Fsp3) is 0.556. The maximum absolute atomic E-state index is 12.2. The second-order valence-electron chi connectivity index (χ2n) is 5.78. The van der Waals surface area contributed by atoms with Gasteiger partial charge in [-0.15, -0.1) is 0 Å². The average molecular weight is 318 g/mol. The molecule has 1 atom stereocenters. The lowest BCUT2D eigenvalue weighted by atomic mass is 9.90. The van der Waals surface area contributed by atoms with Crippen LogP contribution in [-0.2, 0) is 20.7 Å². The van der Waals surface area contributed by atoms with Gasteiger partial charge in [0, 0.05) is 33.2 Å². The van der Waals surface area contributed by atoms with E-state index in [4.69, 9.17) is 4.74 Å². The third kappa shape index (κ3) is 4.79. The third-order valence-electron chi connectivity index (χ3n) is 4.19. The van der Waals surface area contributed by atoms with E-state index < -0.39 is 0 Å². The summed E-state index contributed by atoms with van der Waals surface area (Å²) in [5, 5.41) is 2.92. The Bertz CT molecular complexity index is 545. The molecule has 2 rings (SSSR count). The molecule has 5 nitrogen and oxygen atoms in total. The summed E-state index contributed by atoms with van der Waals surface area (Å²) in [4.78, 5) is 26.0. The summed E-state index contributed by atoms with van der Waals surface area (Å²) in [5.74, 6) is 0.00287. The third-order valence-corrected chi connectivity index (χ3v) is 4.19. The molecule has 1 N–H and O–H groups in total. The van der Waals surface area contributed by atoms with E-state index >= 15 is 0 Å². The second kappa shape index (κ2) is 8.67. The Kier molecular flexibility index (Phi) is 6.59. The van der Waals surface area contributed by atoms with Crippen LogP contribution >= 0.6 is 0 Å². The maximum Gasteiger partial charge on any atom is 0.222 e. The van der Waals surface area contributed by atoms with Gasteiger partial charge in [0.15, 0.2) is 0 Å². The van der Waals surface area contributed by atoms with E-state index in [2.05, 4.69) is 11.4 Å². The Balaban J connectivity index is 1.97. The smallest absolute Gasteiger partial charge is 0.222 e. The van der Waals surface area contributed by atoms with Crippen molar-refractivity contribution in [3.63, 3.8) is 0 Å². The monoisotopic (exact) mass is 318 g/mol. The van der Waals surface area contributed by atoms with Crippen LogP contribution in [-0.4, -0.2) is 43.0 Å². The van der Waals surface area contributed by atoms with Crippen molar-refractivity contribution in [3.05, 3.63) is 35.4 Å². The zero-order chi connectivity index (χ0) is 16.7. The van der Waals surface area contributed by atoms with Crippen LogP contribution in [0.4, 0.5) is 0 Å². The van der Waals surface area contributed by atoms with Gasteiger partial charge in [-0.3, -0.25) is 9.59 Å². The fourth-order valence-electron chi connectivity index (χ4n) is 3.04. The molecule has 1 aromatic rings. The number of rotatable bonds is 7. The zero-order valence-electron chi connectivity index (χ0n) is 14.0. The summed E-state index contributed by atoms with van der Waals surface area (Å²) >= 11 is 0. The normalized spacial score (nSPS) is 16.8. The highest BCUT2D eigenvalue weighted by atomic mass is 16.5. The zero-order valence-corrected chi connectivity index (χ0v) is 14.0. The summed E-state index contributed by atoms with van der Waals surface area (Å²) in [6, 6.07) is 7.92. The Hall–Kier alpha value is -1.88. The number of fused-ring (bicyclic) bond motifs is 1. The van der Waals surface area contributed by atoms with Gasteiger partial charge < -0.3 is 15.0 Å². The van der Waals surface area contributed by atoms with Crippen LogP contribution < -0.4 is 5.32 Å². The molecule has 23 heavy (non-hydrogen) atoms. The Morgan fingerprint density at radius 1 is 1.35 bits per heavy atom. The first-order chi connectivity index (χ1) is 11.1. The van der Waals surface area contributed by atoms with Gasteiger partial charge >= 0.3 is 0 Å². The maximum atomic E-state index is 12.2. The van der Waals surface area contributed by atoms with Crippen LogP contribution in [0.15, 0.2) is 24.3 Å². The minimum atomic E-state index is -0.163. The van der Waals surface area contributed by atoms with Gasteiger partial charge in [-0.05, 0) is 30.9 Å². The van der Waals surface area contributed by atoms with E-state index in [1.165, 1.54) is 5.56 Å². The lowest BCUT2D eigenvalue weighted by Gasteiger charge is -2.36. The molecule has 1 aliphatic heterocycles. The van der Waals surface area contributed by atoms with Crippen molar-refractivity contribution in [2.24, 2.45) is 0 Å². The molecule has 1 heterocycles. The topological polar surface area (TPSA) is 58.6 Å². The summed E-state index contributed by atoms with van der Waals surface area (Å²) < 4.78 is 5.26. The summed E-state index contributed by atoms with van der Waals surface area (Å²) in [6.07, 6.45) is 1.96. The first kappa shape index (κ1) is 17.5. The van der Waals surface area contributed by atoms with Gasteiger partial charge in [-0.2, -0.15) is 0 Å². The molecular weight excluding hydrogens is 292 g/mol. The van der Waals surface area contributed by atoms with Gasteiger partial charge in [-0.25, -0.2) is 0 Å². The summed E-state index contributed by atoms with van der Waals surface area (Å²) in [6.45, 7) is 6.15. The summed E-state index contributed by atoms with van der Waals surface area (Å²) in [5.41, 5.74) is 2.33. The first-order valence-electron chi connectivity index (χ1n) is 8.33. The van der Waals surface area contributed by atoms with Gasteiger partial charge in [-0.1, -0.05) is 24.3 Å². The Morgan fingerprint density at radius 3 is 2.87 bits per heavy atom. The molecule has 0 aliphatic carbocycles. The number of hydrogen-bond acceptors (Lipinski definition) is 3. The number of ether oxygens (including phenoxy) is 1. The van der Waals surface area contributed by atoms with Crippen LogP contribution in [0.25, 0.3) is 0 Å². The molecule has 0 fully saturated rings. The van der Waals surface area contributed by atoms with Crippen molar-refractivity contribution >= 4 is 11.8 Å². The van der Waals surface area contributed by atoms with E-state index in [-0.39, 0.29) is 17.9 Å². The largest absolute Gasteiger partial charge is 0.382 e. The summed E-state index contributed by atoms with van der Waals surface area (Å²) in [7, 11) is 0. The minimum Gasteiger partial charge on any atom is -0.382 e. The van der Waals surface area contributed by atoms with Gasteiger partial charge in [0.05, 0.1) is 12.5 Å². The number of hydrogen-bond donors (Lipinski definition) is 1. The van der Waals surface area contributed by atoms with Crippen molar-refractivity contribution in [1.29, 1.82) is 0 Å². The van der Waals surface area contributed by atoms with Crippen LogP contribution in [0.2, 0.25) is 0 Å². The van der Waals surface area contributed by atoms with E-state index in [0.29, 0.717) is 32.7 Å². The van der Waals surface area contributed by atoms with E-state index in [9.17, 15) is 9.59 Å². The van der Waals surface area contributed by atoms with Crippen molar-refractivity contribution in [3.8, 4) is 0 Å². The van der Waals surface area contributed by atoms with Gasteiger partial charge in [0.1, 0.15) is 0 Å². The number of benzene rings is 1. The Labute approximate surface area is 138 Å². The van der Waals surface area contributed by atoms with Crippen LogP contribution in [0, 0.1) is 0 Å². The molecule has 0 spiro atoms. The molecule has 126 valence electrons. The molecule has 0 saturated heterocycles. The molecular formula is C18H26N2O3. The molecule has 1 aromatic carbocycles. The lowest BCUT2D eigenvalue weighted by molar-refractivity contribution is -0.133. The molecule has 2 amide bonds. The molecule has 0 aromatic heterocycles. The van der Waals surface area contributed by atoms with Crippen LogP contribution in [0.3, 0.4) is 0 Å². The van der Waals surface area contributed by atoms with Crippen molar-refractivity contribution in [1.82, 2.24) is 10.2 Å². The SMILES string of the molecule is CCOCCCNC(=O)CC1c2ccccc2CCN1C(C)=O. The highest BCUT2D eigenvalue weighted by Crippen LogP contribution is 2.32. The molecule has 1 unspecified atom stereocenters. The second-order valence-corrected chi connectivity index (χ2v) is 5.78. The molecule has 0 bridgehead atoms. The van der Waals surface area contributed by atoms with E-state index in [1.807, 2.05) is 30.0 Å². The molecule has 1 aliphatic rings. The molecule has 5 heteroatoms. The first-order valence-corrected chi connectivity index (χ1v) is 8.33. The lowest BCUT2D eigenvalue weighted by Crippen LogP contribution is -2.41.